The second kappa shape index (κ2) is 6.15. The smallest absolute Gasteiger partial charge is 0.385 e. The van der Waals surface area contributed by atoms with Gasteiger partial charge in [-0.25, -0.2) is 4.98 Å². The standard InChI is InChI=1S/C14H17F3N4/c1-9(2)13-19-12(20-21-13)7-8-18-11-5-3-10(4-6-11)14(15,16)17/h3-6,9,18H,7-8H2,1-2H3,(H,19,20,21). The molecule has 0 amide bonds. The quantitative estimate of drug-likeness (QED) is 0.886. The minimum Gasteiger partial charge on any atom is -0.385 e. The van der Waals surface area contributed by atoms with Gasteiger partial charge in [-0.15, -0.1) is 0 Å². The first kappa shape index (κ1) is 15.3. The Morgan fingerprint density at radius 3 is 2.38 bits per heavy atom. The van der Waals surface area contributed by atoms with E-state index in [4.69, 9.17) is 0 Å². The van der Waals surface area contributed by atoms with Crippen molar-refractivity contribution >= 4 is 5.69 Å². The number of aromatic nitrogens is 3. The summed E-state index contributed by atoms with van der Waals surface area (Å²) in [4.78, 5) is 4.33. The summed E-state index contributed by atoms with van der Waals surface area (Å²) < 4.78 is 37.3. The van der Waals surface area contributed by atoms with Crippen LogP contribution in [0.3, 0.4) is 0 Å². The molecule has 1 aromatic heterocycles. The van der Waals surface area contributed by atoms with Gasteiger partial charge in [0.2, 0.25) is 0 Å². The molecule has 0 aliphatic carbocycles. The first-order valence-electron chi connectivity index (χ1n) is 6.68. The number of nitrogens with zero attached hydrogens (tertiary/aromatic N) is 2. The fourth-order valence-corrected chi connectivity index (χ4v) is 1.78. The second-order valence-electron chi connectivity index (χ2n) is 5.05. The molecule has 0 spiro atoms. The number of H-pyrrole nitrogens is 1. The molecule has 114 valence electrons. The molecule has 2 rings (SSSR count). The first-order chi connectivity index (χ1) is 9.86. The van der Waals surface area contributed by atoms with E-state index in [1.165, 1.54) is 12.1 Å². The van der Waals surface area contributed by atoms with Gasteiger partial charge in [0, 0.05) is 24.6 Å². The molecule has 0 saturated carbocycles. The zero-order chi connectivity index (χ0) is 15.5. The third-order valence-corrected chi connectivity index (χ3v) is 2.97. The lowest BCUT2D eigenvalue weighted by atomic mass is 10.2. The van der Waals surface area contributed by atoms with Gasteiger partial charge in [0.1, 0.15) is 5.82 Å². The van der Waals surface area contributed by atoms with Crippen molar-refractivity contribution in [3.8, 4) is 0 Å². The summed E-state index contributed by atoms with van der Waals surface area (Å²) in [5.74, 6) is 1.79. The van der Waals surface area contributed by atoms with Crippen LogP contribution in [0.4, 0.5) is 18.9 Å². The van der Waals surface area contributed by atoms with Gasteiger partial charge >= 0.3 is 6.18 Å². The normalized spacial score (nSPS) is 11.9. The van der Waals surface area contributed by atoms with Crippen LogP contribution in [-0.2, 0) is 12.6 Å². The van der Waals surface area contributed by atoms with E-state index in [9.17, 15) is 13.2 Å². The molecule has 1 aromatic carbocycles. The Morgan fingerprint density at radius 2 is 1.86 bits per heavy atom. The van der Waals surface area contributed by atoms with Crippen molar-refractivity contribution in [1.82, 2.24) is 15.2 Å². The van der Waals surface area contributed by atoms with Gasteiger partial charge in [0.05, 0.1) is 5.56 Å². The van der Waals surface area contributed by atoms with Gasteiger partial charge in [0.15, 0.2) is 5.82 Å². The first-order valence-corrected chi connectivity index (χ1v) is 6.68. The molecular weight excluding hydrogens is 281 g/mol. The molecule has 7 heteroatoms. The third-order valence-electron chi connectivity index (χ3n) is 2.97. The number of nitrogens with one attached hydrogen (secondary N) is 2. The van der Waals surface area contributed by atoms with Gasteiger partial charge in [0.25, 0.3) is 0 Å². The lowest BCUT2D eigenvalue weighted by Crippen LogP contribution is -2.08. The van der Waals surface area contributed by atoms with Gasteiger partial charge < -0.3 is 5.32 Å². The Bertz CT molecular complexity index is 573. The number of hydrogen-bond acceptors (Lipinski definition) is 3. The van der Waals surface area contributed by atoms with E-state index in [-0.39, 0.29) is 5.92 Å². The zero-order valence-electron chi connectivity index (χ0n) is 11.8. The molecule has 0 saturated heterocycles. The molecule has 0 atom stereocenters. The Labute approximate surface area is 120 Å². The van der Waals surface area contributed by atoms with E-state index >= 15 is 0 Å². The van der Waals surface area contributed by atoms with Crippen molar-refractivity contribution in [2.24, 2.45) is 0 Å². The predicted octanol–water partition coefficient (Wildman–Crippen LogP) is 3.60. The molecule has 0 radical (unpaired) electrons. The number of anilines is 1. The van der Waals surface area contributed by atoms with Crippen LogP contribution in [0.1, 0.15) is 37.0 Å². The number of benzene rings is 1. The van der Waals surface area contributed by atoms with Crippen LogP contribution in [0.5, 0.6) is 0 Å². The minimum atomic E-state index is -4.30. The Hall–Kier alpha value is -2.05. The molecule has 0 unspecified atom stereocenters. The van der Waals surface area contributed by atoms with Crippen molar-refractivity contribution in [2.45, 2.75) is 32.4 Å². The predicted molar refractivity (Wildman–Crippen MR) is 74.1 cm³/mol. The summed E-state index contributed by atoms with van der Waals surface area (Å²) >= 11 is 0. The summed E-state index contributed by atoms with van der Waals surface area (Å²) in [7, 11) is 0. The monoisotopic (exact) mass is 298 g/mol. The largest absolute Gasteiger partial charge is 0.416 e. The molecular formula is C14H17F3N4. The van der Waals surface area contributed by atoms with Gasteiger partial charge in [-0.1, -0.05) is 13.8 Å². The number of halogens is 3. The maximum Gasteiger partial charge on any atom is 0.416 e. The fourth-order valence-electron chi connectivity index (χ4n) is 1.78. The molecule has 21 heavy (non-hydrogen) atoms. The average molecular weight is 298 g/mol. The SMILES string of the molecule is CC(C)c1n[nH]c(CCNc2ccc(C(F)(F)F)cc2)n1. The van der Waals surface area contributed by atoms with Crippen LogP contribution in [0.2, 0.25) is 0 Å². The van der Waals surface area contributed by atoms with Crippen LogP contribution in [0.15, 0.2) is 24.3 Å². The van der Waals surface area contributed by atoms with Gasteiger partial charge in [-0.3, -0.25) is 5.10 Å². The lowest BCUT2D eigenvalue weighted by Gasteiger charge is -2.08. The van der Waals surface area contributed by atoms with Crippen LogP contribution < -0.4 is 5.32 Å². The molecule has 0 bridgehead atoms. The number of rotatable bonds is 5. The number of alkyl halides is 3. The maximum absolute atomic E-state index is 12.4. The Balaban J connectivity index is 1.85. The number of aromatic amines is 1. The van der Waals surface area contributed by atoms with Crippen LogP contribution in [-0.4, -0.2) is 21.7 Å². The number of hydrogen-bond donors (Lipinski definition) is 2. The highest BCUT2D eigenvalue weighted by atomic mass is 19.4. The van der Waals surface area contributed by atoms with Crippen molar-refractivity contribution in [2.75, 3.05) is 11.9 Å². The highest BCUT2D eigenvalue weighted by molar-refractivity contribution is 5.45. The van der Waals surface area contributed by atoms with Crippen molar-refractivity contribution in [1.29, 1.82) is 0 Å². The van der Waals surface area contributed by atoms with E-state index in [2.05, 4.69) is 20.5 Å². The van der Waals surface area contributed by atoms with Crippen LogP contribution in [0, 0.1) is 0 Å². The van der Waals surface area contributed by atoms with Gasteiger partial charge in [-0.2, -0.15) is 18.3 Å². The van der Waals surface area contributed by atoms with Crippen molar-refractivity contribution in [3.63, 3.8) is 0 Å². The average Bonchev–Trinajstić information content (AvgIpc) is 2.87. The summed E-state index contributed by atoms with van der Waals surface area (Å²) in [5.41, 5.74) is -0.00328. The van der Waals surface area contributed by atoms with Crippen LogP contribution >= 0.6 is 0 Å². The summed E-state index contributed by atoms with van der Waals surface area (Å²) in [6, 6.07) is 4.97. The molecule has 0 aliphatic rings. The lowest BCUT2D eigenvalue weighted by molar-refractivity contribution is -0.137. The molecule has 4 nitrogen and oxygen atoms in total. The van der Waals surface area contributed by atoms with Crippen molar-refractivity contribution in [3.05, 3.63) is 41.5 Å². The summed E-state index contributed by atoms with van der Waals surface area (Å²) in [6.45, 7) is 4.58. The van der Waals surface area contributed by atoms with Crippen molar-refractivity contribution < 1.29 is 13.2 Å². The van der Waals surface area contributed by atoms with E-state index in [0.717, 1.165) is 23.8 Å². The fraction of sp³-hybridized carbons (Fsp3) is 0.429. The minimum absolute atomic E-state index is 0.262. The molecule has 0 aliphatic heterocycles. The molecule has 2 aromatic rings. The topological polar surface area (TPSA) is 53.6 Å². The van der Waals surface area contributed by atoms with E-state index in [1.54, 1.807) is 0 Å². The van der Waals surface area contributed by atoms with Crippen LogP contribution in [0.25, 0.3) is 0 Å². The highest BCUT2D eigenvalue weighted by Gasteiger charge is 2.29. The highest BCUT2D eigenvalue weighted by Crippen LogP contribution is 2.29. The molecule has 1 heterocycles. The third kappa shape index (κ3) is 4.21. The molecule has 0 fully saturated rings. The van der Waals surface area contributed by atoms with E-state index in [1.807, 2.05) is 13.8 Å². The summed E-state index contributed by atoms with van der Waals surface area (Å²) in [5, 5.41) is 10.00. The molecule has 2 N–H and O–H groups in total. The maximum atomic E-state index is 12.4. The second-order valence-corrected chi connectivity index (χ2v) is 5.05. The van der Waals surface area contributed by atoms with E-state index in [0.29, 0.717) is 18.7 Å². The van der Waals surface area contributed by atoms with E-state index < -0.39 is 11.7 Å². The zero-order valence-corrected chi connectivity index (χ0v) is 11.8. The Kier molecular flexibility index (Phi) is 4.50. The Morgan fingerprint density at radius 1 is 1.19 bits per heavy atom. The summed E-state index contributed by atoms with van der Waals surface area (Å²) in [6.07, 6.45) is -3.67. The van der Waals surface area contributed by atoms with Gasteiger partial charge in [-0.05, 0) is 24.3 Å².